The van der Waals surface area contributed by atoms with Crippen molar-refractivity contribution in [3.05, 3.63) is 0 Å². The van der Waals surface area contributed by atoms with Gasteiger partial charge in [-0.1, -0.05) is 18.8 Å². The number of terminal acetylenes is 1. The Labute approximate surface area is 133 Å². The SMILES string of the molecule is C#CC(C)OCCOCCOC(=O)C[PH](=O)C(C)C#CCC. The summed E-state index contributed by atoms with van der Waals surface area (Å²) in [5, 5.41) is 0. The monoisotopic (exact) mass is 328 g/mol. The lowest BCUT2D eigenvalue weighted by molar-refractivity contribution is -0.142. The second-order valence-corrected chi connectivity index (χ2v) is 6.70. The molecule has 0 aromatic rings. The molecule has 0 heterocycles. The van der Waals surface area contributed by atoms with Crippen LogP contribution in [0.15, 0.2) is 0 Å². The number of esters is 1. The third-order valence-electron chi connectivity index (χ3n) is 2.62. The second kappa shape index (κ2) is 13.4. The Balaban J connectivity index is 3.66. The summed E-state index contributed by atoms with van der Waals surface area (Å²) >= 11 is 0. The van der Waals surface area contributed by atoms with Crippen molar-refractivity contribution in [2.75, 3.05) is 32.6 Å². The first-order valence-electron chi connectivity index (χ1n) is 7.33. The Morgan fingerprint density at radius 2 is 1.91 bits per heavy atom. The van der Waals surface area contributed by atoms with Gasteiger partial charge in [-0.3, -0.25) is 4.79 Å². The average Bonchev–Trinajstić information content (AvgIpc) is 2.50. The molecule has 0 spiro atoms. The van der Waals surface area contributed by atoms with E-state index in [-0.39, 0.29) is 31.1 Å². The predicted molar refractivity (Wildman–Crippen MR) is 87.4 cm³/mol. The maximum absolute atomic E-state index is 11.8. The van der Waals surface area contributed by atoms with Crippen LogP contribution in [-0.4, -0.2) is 50.3 Å². The van der Waals surface area contributed by atoms with Gasteiger partial charge in [0.05, 0.1) is 31.6 Å². The predicted octanol–water partition coefficient (Wildman–Crippen LogP) is 1.95. The molecule has 0 N–H and O–H groups in total. The van der Waals surface area contributed by atoms with Crippen molar-refractivity contribution in [3.8, 4) is 24.2 Å². The zero-order chi connectivity index (χ0) is 16.8. The molecule has 3 atom stereocenters. The zero-order valence-corrected chi connectivity index (χ0v) is 14.5. The lowest BCUT2D eigenvalue weighted by Gasteiger charge is -2.09. The summed E-state index contributed by atoms with van der Waals surface area (Å²) in [5.74, 6) is 7.69. The first-order valence-corrected chi connectivity index (χ1v) is 9.02. The highest BCUT2D eigenvalue weighted by Gasteiger charge is 2.14. The van der Waals surface area contributed by atoms with Crippen LogP contribution in [0.2, 0.25) is 0 Å². The average molecular weight is 328 g/mol. The largest absolute Gasteiger partial charge is 0.463 e. The molecule has 0 aromatic carbocycles. The normalized spacial score (nSPS) is 14.1. The fourth-order valence-corrected chi connectivity index (χ4v) is 2.29. The van der Waals surface area contributed by atoms with Crippen LogP contribution >= 0.6 is 7.80 Å². The van der Waals surface area contributed by atoms with Crippen LogP contribution in [0.1, 0.15) is 27.2 Å². The molecule has 0 bridgehead atoms. The third kappa shape index (κ3) is 11.4. The summed E-state index contributed by atoms with van der Waals surface area (Å²) in [6, 6.07) is 0. The van der Waals surface area contributed by atoms with Gasteiger partial charge in [-0.25, -0.2) is 0 Å². The van der Waals surface area contributed by atoms with Gasteiger partial charge in [0.25, 0.3) is 0 Å². The van der Waals surface area contributed by atoms with E-state index in [9.17, 15) is 9.36 Å². The van der Waals surface area contributed by atoms with E-state index >= 15 is 0 Å². The van der Waals surface area contributed by atoms with Gasteiger partial charge in [0, 0.05) is 6.42 Å². The van der Waals surface area contributed by atoms with Crippen LogP contribution in [0.4, 0.5) is 0 Å². The van der Waals surface area contributed by atoms with Crippen molar-refractivity contribution in [2.45, 2.75) is 39.0 Å². The van der Waals surface area contributed by atoms with Gasteiger partial charge in [0.2, 0.25) is 0 Å². The molecule has 6 heteroatoms. The maximum atomic E-state index is 11.8. The van der Waals surface area contributed by atoms with Gasteiger partial charge in [0.15, 0.2) is 0 Å². The first kappa shape index (κ1) is 20.7. The smallest absolute Gasteiger partial charge is 0.313 e. The van der Waals surface area contributed by atoms with E-state index in [1.165, 1.54) is 0 Å². The van der Waals surface area contributed by atoms with Gasteiger partial charge in [-0.05, 0) is 13.8 Å². The molecular formula is C16H25O5P. The second-order valence-electron chi connectivity index (χ2n) is 4.55. The van der Waals surface area contributed by atoms with Gasteiger partial charge < -0.3 is 18.8 Å². The van der Waals surface area contributed by atoms with Crippen LogP contribution in [0.3, 0.4) is 0 Å². The van der Waals surface area contributed by atoms with E-state index in [0.717, 1.165) is 0 Å². The Morgan fingerprint density at radius 1 is 1.23 bits per heavy atom. The number of hydrogen-bond donors (Lipinski definition) is 0. The van der Waals surface area contributed by atoms with E-state index < -0.39 is 13.8 Å². The van der Waals surface area contributed by atoms with Crippen LogP contribution < -0.4 is 0 Å². The van der Waals surface area contributed by atoms with E-state index in [4.69, 9.17) is 20.6 Å². The van der Waals surface area contributed by atoms with Crippen molar-refractivity contribution in [1.82, 2.24) is 0 Å². The molecule has 3 unspecified atom stereocenters. The molecule has 5 nitrogen and oxygen atoms in total. The molecule has 0 aliphatic heterocycles. The van der Waals surface area contributed by atoms with Crippen molar-refractivity contribution >= 4 is 13.8 Å². The van der Waals surface area contributed by atoms with Gasteiger partial charge in [-0.2, -0.15) is 0 Å². The van der Waals surface area contributed by atoms with Crippen LogP contribution in [0, 0.1) is 24.2 Å². The Bertz CT molecular complexity index is 444. The summed E-state index contributed by atoms with van der Waals surface area (Å²) in [5.41, 5.74) is -0.260. The number of carbonyl (C=O) groups is 1. The molecule has 22 heavy (non-hydrogen) atoms. The highest BCUT2D eigenvalue weighted by Crippen LogP contribution is 2.27. The van der Waals surface area contributed by atoms with Crippen molar-refractivity contribution in [1.29, 1.82) is 0 Å². The molecule has 0 rings (SSSR count). The first-order chi connectivity index (χ1) is 10.5. The zero-order valence-electron chi connectivity index (χ0n) is 13.5. The Morgan fingerprint density at radius 3 is 2.55 bits per heavy atom. The quantitative estimate of drug-likeness (QED) is 0.265. The number of rotatable bonds is 10. The topological polar surface area (TPSA) is 61.8 Å². The maximum Gasteiger partial charge on any atom is 0.313 e. The van der Waals surface area contributed by atoms with Crippen LogP contribution in [0.25, 0.3) is 0 Å². The minimum Gasteiger partial charge on any atom is -0.463 e. The molecular weight excluding hydrogens is 303 g/mol. The van der Waals surface area contributed by atoms with Gasteiger partial charge >= 0.3 is 5.97 Å². The summed E-state index contributed by atoms with van der Waals surface area (Å²) in [6.45, 7) is 6.63. The van der Waals surface area contributed by atoms with Gasteiger partial charge in [-0.15, -0.1) is 12.3 Å². The molecule has 0 aliphatic rings. The van der Waals surface area contributed by atoms with Gasteiger partial charge in [0.1, 0.15) is 20.5 Å². The third-order valence-corrected chi connectivity index (χ3v) is 4.37. The van der Waals surface area contributed by atoms with Crippen molar-refractivity contribution < 1.29 is 23.6 Å². The fraction of sp³-hybridized carbons (Fsp3) is 0.688. The summed E-state index contributed by atoms with van der Waals surface area (Å²) in [7, 11) is -2.08. The summed E-state index contributed by atoms with van der Waals surface area (Å²) < 4.78 is 27.2. The molecule has 0 saturated carbocycles. The Kier molecular flexibility index (Phi) is 12.6. The number of ether oxygens (including phenoxy) is 3. The molecule has 0 amide bonds. The lowest BCUT2D eigenvalue weighted by atomic mass is 10.4. The minimum atomic E-state index is -2.08. The summed E-state index contributed by atoms with van der Waals surface area (Å²) in [6.07, 6.45) is 5.55. The summed E-state index contributed by atoms with van der Waals surface area (Å²) in [4.78, 5) is 11.5. The van der Waals surface area contributed by atoms with E-state index in [1.54, 1.807) is 13.8 Å². The highest BCUT2D eigenvalue weighted by atomic mass is 31.1. The van der Waals surface area contributed by atoms with Crippen LogP contribution in [0.5, 0.6) is 0 Å². The minimum absolute atomic E-state index is 0.0764. The van der Waals surface area contributed by atoms with E-state index in [0.29, 0.717) is 19.6 Å². The van der Waals surface area contributed by atoms with Crippen molar-refractivity contribution in [3.63, 3.8) is 0 Å². The van der Waals surface area contributed by atoms with E-state index in [1.807, 2.05) is 6.92 Å². The Hall–Kier alpha value is -1.26. The molecule has 0 fully saturated rings. The molecule has 0 radical (unpaired) electrons. The van der Waals surface area contributed by atoms with Crippen LogP contribution in [-0.2, 0) is 23.6 Å². The molecule has 0 saturated heterocycles. The fourth-order valence-electron chi connectivity index (χ4n) is 1.33. The molecule has 0 aliphatic carbocycles. The van der Waals surface area contributed by atoms with Crippen molar-refractivity contribution in [2.24, 2.45) is 0 Å². The molecule has 124 valence electrons. The number of carbonyl (C=O) groups excluding carboxylic acids is 1. The van der Waals surface area contributed by atoms with E-state index in [2.05, 4.69) is 17.8 Å². The highest BCUT2D eigenvalue weighted by molar-refractivity contribution is 7.46. The standard InChI is InChI=1S/C16H25O5P/c1-5-7-8-15(4)22(18)13-16(17)21-12-10-19-9-11-20-14(3)6-2/h2,14-15,22H,5,9-13H2,1,3-4H3. The molecule has 0 aromatic heterocycles. The lowest BCUT2D eigenvalue weighted by Crippen LogP contribution is -2.16. The number of hydrogen-bond acceptors (Lipinski definition) is 5.